The molecule has 2 rings (SSSR count). The van der Waals surface area contributed by atoms with Gasteiger partial charge in [0, 0.05) is 13.1 Å². The first-order valence-electron chi connectivity index (χ1n) is 5.03. The normalized spacial score (nSPS) is 10.0. The van der Waals surface area contributed by atoms with Crippen LogP contribution < -0.4 is 10.2 Å². The zero-order chi connectivity index (χ0) is 12.3. The first-order chi connectivity index (χ1) is 8.26. The van der Waals surface area contributed by atoms with Gasteiger partial charge in [0.25, 0.3) is 0 Å². The van der Waals surface area contributed by atoms with Gasteiger partial charge in [-0.05, 0) is 12.1 Å². The molecule has 17 heavy (non-hydrogen) atoms. The number of anilines is 3. The predicted molar refractivity (Wildman–Crippen MR) is 67.9 cm³/mol. The van der Waals surface area contributed by atoms with Crippen LogP contribution in [-0.4, -0.2) is 13.5 Å². The Hall–Kier alpha value is -1.94. The second-order valence-electron chi connectivity index (χ2n) is 3.32. The van der Waals surface area contributed by atoms with Crippen LogP contribution in [0.2, 0.25) is 5.02 Å². The van der Waals surface area contributed by atoms with Gasteiger partial charge in [0.15, 0.2) is 0 Å². The largest absolute Gasteiger partial charge is 0.423 e. The molecule has 0 fully saturated rings. The zero-order valence-corrected chi connectivity index (χ0v) is 9.94. The molecule has 1 N–H and O–H groups in total. The Balaban J connectivity index is 2.39. The SMILES string of the molecule is CNc1oc(N(C=O)c2ccccc2)cc1Cl. The van der Waals surface area contributed by atoms with Crippen LogP contribution in [0.5, 0.6) is 0 Å². The fourth-order valence-electron chi connectivity index (χ4n) is 1.47. The first kappa shape index (κ1) is 11.5. The topological polar surface area (TPSA) is 45.5 Å². The third-order valence-electron chi connectivity index (χ3n) is 2.28. The van der Waals surface area contributed by atoms with E-state index in [9.17, 15) is 4.79 Å². The van der Waals surface area contributed by atoms with Crippen molar-refractivity contribution in [3.63, 3.8) is 0 Å². The number of carbonyl (C=O) groups excluding carboxylic acids is 1. The van der Waals surface area contributed by atoms with Crippen molar-refractivity contribution in [3.05, 3.63) is 41.4 Å². The zero-order valence-electron chi connectivity index (χ0n) is 9.18. The van der Waals surface area contributed by atoms with E-state index in [1.165, 1.54) is 4.90 Å². The number of furan rings is 1. The molecular weight excluding hydrogens is 240 g/mol. The highest BCUT2D eigenvalue weighted by molar-refractivity contribution is 6.33. The number of nitrogens with zero attached hydrogens (tertiary/aromatic N) is 1. The summed E-state index contributed by atoms with van der Waals surface area (Å²) in [5.74, 6) is 0.810. The van der Waals surface area contributed by atoms with Crippen molar-refractivity contribution in [3.8, 4) is 0 Å². The van der Waals surface area contributed by atoms with Crippen molar-refractivity contribution in [2.45, 2.75) is 0 Å². The first-order valence-corrected chi connectivity index (χ1v) is 5.40. The number of rotatable bonds is 4. The monoisotopic (exact) mass is 250 g/mol. The lowest BCUT2D eigenvalue weighted by molar-refractivity contribution is -0.107. The van der Waals surface area contributed by atoms with Crippen LogP contribution in [0, 0.1) is 0 Å². The maximum Gasteiger partial charge on any atom is 0.221 e. The van der Waals surface area contributed by atoms with Crippen molar-refractivity contribution < 1.29 is 9.21 Å². The number of para-hydroxylation sites is 1. The second kappa shape index (κ2) is 4.93. The molecule has 0 atom stereocenters. The molecule has 0 spiro atoms. The summed E-state index contributed by atoms with van der Waals surface area (Å²) in [5, 5.41) is 3.24. The van der Waals surface area contributed by atoms with E-state index in [0.29, 0.717) is 23.2 Å². The molecule has 0 unspecified atom stereocenters. The maximum absolute atomic E-state index is 11.1. The summed E-state index contributed by atoms with van der Waals surface area (Å²) in [6, 6.07) is 10.8. The number of hydrogen-bond donors (Lipinski definition) is 1. The minimum absolute atomic E-state index is 0.376. The van der Waals surface area contributed by atoms with Crippen molar-refractivity contribution in [2.24, 2.45) is 0 Å². The third kappa shape index (κ3) is 2.26. The summed E-state index contributed by atoms with van der Waals surface area (Å²) in [7, 11) is 1.70. The number of amides is 1. The van der Waals surface area contributed by atoms with Crippen molar-refractivity contribution >= 4 is 35.5 Å². The molecule has 1 amide bonds. The number of nitrogens with one attached hydrogen (secondary N) is 1. The van der Waals surface area contributed by atoms with Gasteiger partial charge in [-0.2, -0.15) is 0 Å². The highest BCUT2D eigenvalue weighted by Gasteiger charge is 2.15. The molecule has 0 radical (unpaired) electrons. The summed E-state index contributed by atoms with van der Waals surface area (Å²) < 4.78 is 5.42. The number of hydrogen-bond acceptors (Lipinski definition) is 3. The minimum Gasteiger partial charge on any atom is -0.423 e. The van der Waals surface area contributed by atoms with E-state index < -0.39 is 0 Å². The second-order valence-corrected chi connectivity index (χ2v) is 3.73. The molecule has 1 aromatic carbocycles. The highest BCUT2D eigenvalue weighted by Crippen LogP contribution is 2.33. The summed E-state index contributed by atoms with van der Waals surface area (Å²) >= 11 is 5.93. The smallest absolute Gasteiger partial charge is 0.221 e. The Labute approximate surface area is 104 Å². The fraction of sp³-hybridized carbons (Fsp3) is 0.0833. The molecule has 0 saturated heterocycles. The van der Waals surface area contributed by atoms with Crippen LogP contribution in [0.15, 0.2) is 40.8 Å². The van der Waals surface area contributed by atoms with Crippen molar-refractivity contribution in [1.29, 1.82) is 0 Å². The van der Waals surface area contributed by atoms with Gasteiger partial charge in [0.2, 0.25) is 18.2 Å². The van der Waals surface area contributed by atoms with Crippen LogP contribution in [0.1, 0.15) is 0 Å². The van der Waals surface area contributed by atoms with Crippen LogP contribution >= 0.6 is 11.6 Å². The third-order valence-corrected chi connectivity index (χ3v) is 2.56. The maximum atomic E-state index is 11.1. The standard InChI is InChI=1S/C12H11ClN2O2/c1-14-12-10(13)7-11(17-12)15(8-16)9-5-3-2-4-6-9/h2-8,14H,1H3. The Bertz CT molecular complexity index is 510. The minimum atomic E-state index is 0.376. The lowest BCUT2D eigenvalue weighted by atomic mass is 10.3. The van der Waals surface area contributed by atoms with Gasteiger partial charge in [0.05, 0.1) is 5.69 Å². The average Bonchev–Trinajstić information content (AvgIpc) is 2.73. The van der Waals surface area contributed by atoms with Crippen LogP contribution in [0.25, 0.3) is 0 Å². The lowest BCUT2D eigenvalue weighted by Crippen LogP contribution is -2.12. The highest BCUT2D eigenvalue weighted by atomic mass is 35.5. The summed E-state index contributed by atoms with van der Waals surface area (Å²) in [6.45, 7) is 0. The van der Waals surface area contributed by atoms with Gasteiger partial charge in [-0.1, -0.05) is 29.8 Å². The Kier molecular flexibility index (Phi) is 3.35. The van der Waals surface area contributed by atoms with E-state index in [-0.39, 0.29) is 0 Å². The number of carbonyl (C=O) groups is 1. The summed E-state index contributed by atoms with van der Waals surface area (Å²) in [5.41, 5.74) is 0.718. The van der Waals surface area contributed by atoms with Crippen LogP contribution in [0.3, 0.4) is 0 Å². The quantitative estimate of drug-likeness (QED) is 0.847. The van der Waals surface area contributed by atoms with Gasteiger partial charge in [-0.3, -0.25) is 9.69 Å². The number of halogens is 1. The predicted octanol–water partition coefficient (Wildman–Crippen LogP) is 3.27. The van der Waals surface area contributed by atoms with Crippen molar-refractivity contribution in [1.82, 2.24) is 0 Å². The molecule has 5 heteroatoms. The Morgan fingerprint density at radius 3 is 2.59 bits per heavy atom. The van der Waals surface area contributed by atoms with Crippen LogP contribution in [0.4, 0.5) is 17.5 Å². The number of benzene rings is 1. The van der Waals surface area contributed by atoms with Gasteiger partial charge in [0.1, 0.15) is 5.02 Å². The molecule has 1 aromatic heterocycles. The van der Waals surface area contributed by atoms with Crippen molar-refractivity contribution in [2.75, 3.05) is 17.3 Å². The molecular formula is C12H11ClN2O2. The van der Waals surface area contributed by atoms with E-state index in [1.807, 2.05) is 30.3 Å². The summed E-state index contributed by atoms with van der Waals surface area (Å²) in [6.07, 6.45) is 0.684. The Morgan fingerprint density at radius 2 is 2.06 bits per heavy atom. The lowest BCUT2D eigenvalue weighted by Gasteiger charge is -2.13. The molecule has 1 heterocycles. The van der Waals surface area contributed by atoms with E-state index in [0.717, 1.165) is 5.69 Å². The van der Waals surface area contributed by atoms with E-state index in [2.05, 4.69) is 5.32 Å². The molecule has 4 nitrogen and oxygen atoms in total. The molecule has 0 aliphatic heterocycles. The average molecular weight is 251 g/mol. The van der Waals surface area contributed by atoms with Gasteiger partial charge in [-0.15, -0.1) is 0 Å². The van der Waals surface area contributed by atoms with E-state index in [1.54, 1.807) is 13.1 Å². The Morgan fingerprint density at radius 1 is 1.35 bits per heavy atom. The fourth-order valence-corrected chi connectivity index (χ4v) is 1.70. The van der Waals surface area contributed by atoms with Gasteiger partial charge in [-0.25, -0.2) is 0 Å². The van der Waals surface area contributed by atoms with Gasteiger partial charge >= 0.3 is 0 Å². The van der Waals surface area contributed by atoms with Gasteiger partial charge < -0.3 is 9.73 Å². The molecule has 2 aromatic rings. The molecule has 88 valence electrons. The molecule has 0 saturated carbocycles. The molecule has 0 bridgehead atoms. The van der Waals surface area contributed by atoms with E-state index >= 15 is 0 Å². The van der Waals surface area contributed by atoms with E-state index in [4.69, 9.17) is 16.0 Å². The van der Waals surface area contributed by atoms with Crippen LogP contribution in [-0.2, 0) is 4.79 Å². The molecule has 0 aliphatic carbocycles. The summed E-state index contributed by atoms with van der Waals surface area (Å²) in [4.78, 5) is 12.5. The molecule has 0 aliphatic rings.